The summed E-state index contributed by atoms with van der Waals surface area (Å²) in [4.78, 5) is 9.68. The Bertz CT molecular complexity index is 1580. The summed E-state index contributed by atoms with van der Waals surface area (Å²) in [6, 6.07) is 25.1. The zero-order valence-electron chi connectivity index (χ0n) is 16.2. The first kappa shape index (κ1) is 16.3. The number of aryl methyl sites for hydroxylation is 2. The van der Waals surface area contributed by atoms with Crippen molar-refractivity contribution in [2.75, 3.05) is 0 Å². The van der Waals surface area contributed by atoms with Crippen LogP contribution in [0.3, 0.4) is 0 Å². The minimum atomic E-state index is 0.759. The van der Waals surface area contributed by atoms with E-state index in [1.165, 1.54) is 10.9 Å². The lowest BCUT2D eigenvalue weighted by Gasteiger charge is -2.12. The van der Waals surface area contributed by atoms with Gasteiger partial charge in [0.2, 0.25) is 0 Å². The standard InChI is InChI=1S/C26H18N2O/c1-15-14-22-24(19-10-4-3-8-17(15)19)27-16(2)28-25(22)21-12-7-11-20-18-9-5-6-13-23(18)29-26(20)21/h3-14H,1-2H3. The number of aromatic nitrogens is 2. The fourth-order valence-electron chi connectivity index (χ4n) is 4.39. The molecule has 3 nitrogen and oxygen atoms in total. The van der Waals surface area contributed by atoms with E-state index in [-0.39, 0.29) is 0 Å². The summed E-state index contributed by atoms with van der Waals surface area (Å²) in [5.74, 6) is 0.759. The van der Waals surface area contributed by atoms with Crippen LogP contribution in [0.5, 0.6) is 0 Å². The maximum atomic E-state index is 6.28. The van der Waals surface area contributed by atoms with Crippen LogP contribution in [0.25, 0.3) is 54.9 Å². The van der Waals surface area contributed by atoms with Gasteiger partial charge in [-0.15, -0.1) is 0 Å². The van der Waals surface area contributed by atoms with Crippen molar-refractivity contribution in [2.45, 2.75) is 13.8 Å². The highest BCUT2D eigenvalue weighted by Crippen LogP contribution is 2.39. The Morgan fingerprint density at radius 1 is 0.655 bits per heavy atom. The second-order valence-electron chi connectivity index (χ2n) is 7.54. The van der Waals surface area contributed by atoms with Crippen LogP contribution in [-0.4, -0.2) is 9.97 Å². The lowest BCUT2D eigenvalue weighted by atomic mass is 9.97. The van der Waals surface area contributed by atoms with Crippen LogP contribution >= 0.6 is 0 Å². The fraction of sp³-hybridized carbons (Fsp3) is 0.0769. The van der Waals surface area contributed by atoms with E-state index in [2.05, 4.69) is 61.5 Å². The third-order valence-corrected chi connectivity index (χ3v) is 5.68. The van der Waals surface area contributed by atoms with E-state index in [1.807, 2.05) is 25.1 Å². The van der Waals surface area contributed by atoms with Crippen molar-refractivity contribution in [2.24, 2.45) is 0 Å². The molecule has 29 heavy (non-hydrogen) atoms. The molecule has 0 amide bonds. The molecule has 0 fully saturated rings. The van der Waals surface area contributed by atoms with E-state index in [0.717, 1.165) is 55.3 Å². The lowest BCUT2D eigenvalue weighted by molar-refractivity contribution is 0.670. The van der Waals surface area contributed by atoms with E-state index in [0.29, 0.717) is 0 Å². The van der Waals surface area contributed by atoms with Gasteiger partial charge in [0, 0.05) is 27.1 Å². The second kappa shape index (κ2) is 5.89. The molecule has 0 spiro atoms. The SMILES string of the molecule is Cc1nc(-c2cccc3c2oc2ccccc23)c2cc(C)c3ccccc3c2n1. The Balaban J connectivity index is 1.79. The van der Waals surface area contributed by atoms with Gasteiger partial charge in [0.05, 0.1) is 11.2 Å². The zero-order chi connectivity index (χ0) is 19.5. The number of furan rings is 1. The number of hydrogen-bond acceptors (Lipinski definition) is 3. The van der Waals surface area contributed by atoms with Gasteiger partial charge in [-0.05, 0) is 43.0 Å². The first-order valence-corrected chi connectivity index (χ1v) is 9.78. The number of hydrogen-bond donors (Lipinski definition) is 0. The fourth-order valence-corrected chi connectivity index (χ4v) is 4.39. The molecule has 6 rings (SSSR count). The highest BCUT2D eigenvalue weighted by Gasteiger charge is 2.17. The molecular formula is C26H18N2O. The summed E-state index contributed by atoms with van der Waals surface area (Å²) in [7, 11) is 0. The normalized spacial score (nSPS) is 11.8. The Morgan fingerprint density at radius 3 is 2.24 bits per heavy atom. The summed E-state index contributed by atoms with van der Waals surface area (Å²) in [5, 5.41) is 5.68. The Hall–Kier alpha value is -3.72. The van der Waals surface area contributed by atoms with E-state index in [4.69, 9.17) is 14.4 Å². The van der Waals surface area contributed by atoms with Crippen molar-refractivity contribution in [3.63, 3.8) is 0 Å². The largest absolute Gasteiger partial charge is 0.455 e. The molecule has 4 aromatic carbocycles. The summed E-state index contributed by atoms with van der Waals surface area (Å²) < 4.78 is 6.28. The summed E-state index contributed by atoms with van der Waals surface area (Å²) in [6.07, 6.45) is 0. The first-order valence-electron chi connectivity index (χ1n) is 9.78. The van der Waals surface area contributed by atoms with Crippen LogP contribution in [0, 0.1) is 13.8 Å². The van der Waals surface area contributed by atoms with E-state index in [1.54, 1.807) is 0 Å². The highest BCUT2D eigenvalue weighted by atomic mass is 16.3. The van der Waals surface area contributed by atoms with Gasteiger partial charge in [0.15, 0.2) is 0 Å². The molecule has 138 valence electrons. The lowest BCUT2D eigenvalue weighted by Crippen LogP contribution is -1.96. The van der Waals surface area contributed by atoms with Crippen molar-refractivity contribution in [3.05, 3.63) is 84.2 Å². The molecule has 0 unspecified atom stereocenters. The van der Waals surface area contributed by atoms with Gasteiger partial charge in [-0.3, -0.25) is 0 Å². The maximum Gasteiger partial charge on any atom is 0.144 e. The van der Waals surface area contributed by atoms with Crippen molar-refractivity contribution < 1.29 is 4.42 Å². The zero-order valence-corrected chi connectivity index (χ0v) is 16.2. The summed E-state index contributed by atoms with van der Waals surface area (Å²) in [6.45, 7) is 4.10. The molecule has 3 heteroatoms. The third kappa shape index (κ3) is 2.31. The molecule has 2 heterocycles. The topological polar surface area (TPSA) is 38.9 Å². The summed E-state index contributed by atoms with van der Waals surface area (Å²) >= 11 is 0. The number of rotatable bonds is 1. The Morgan fingerprint density at radius 2 is 1.38 bits per heavy atom. The van der Waals surface area contributed by atoms with Crippen LogP contribution in [0.2, 0.25) is 0 Å². The minimum Gasteiger partial charge on any atom is -0.455 e. The number of fused-ring (bicyclic) bond motifs is 6. The predicted molar refractivity (Wildman–Crippen MR) is 119 cm³/mol. The van der Waals surface area contributed by atoms with Crippen molar-refractivity contribution in [3.8, 4) is 11.3 Å². The molecule has 0 N–H and O–H groups in total. The molecule has 6 aromatic rings. The van der Waals surface area contributed by atoms with E-state index >= 15 is 0 Å². The Kier molecular flexibility index (Phi) is 3.30. The molecule has 0 atom stereocenters. The van der Waals surface area contributed by atoms with Gasteiger partial charge in [0.1, 0.15) is 17.0 Å². The molecular weight excluding hydrogens is 356 g/mol. The maximum absolute atomic E-state index is 6.28. The van der Waals surface area contributed by atoms with Crippen molar-refractivity contribution >= 4 is 43.6 Å². The van der Waals surface area contributed by atoms with Gasteiger partial charge in [-0.25, -0.2) is 9.97 Å². The third-order valence-electron chi connectivity index (χ3n) is 5.68. The van der Waals surface area contributed by atoms with Crippen LogP contribution in [0.1, 0.15) is 11.4 Å². The van der Waals surface area contributed by atoms with E-state index < -0.39 is 0 Å². The summed E-state index contributed by atoms with van der Waals surface area (Å²) in [5.41, 5.74) is 5.90. The van der Waals surface area contributed by atoms with Crippen LogP contribution in [-0.2, 0) is 0 Å². The van der Waals surface area contributed by atoms with Gasteiger partial charge in [0.25, 0.3) is 0 Å². The quantitative estimate of drug-likeness (QED) is 0.292. The first-order chi connectivity index (χ1) is 14.2. The minimum absolute atomic E-state index is 0.759. The molecule has 0 aliphatic rings. The Labute approximate surface area is 167 Å². The average molecular weight is 374 g/mol. The van der Waals surface area contributed by atoms with Gasteiger partial charge < -0.3 is 4.42 Å². The molecule has 0 saturated carbocycles. The van der Waals surface area contributed by atoms with Crippen LogP contribution in [0.15, 0.2) is 77.2 Å². The van der Waals surface area contributed by atoms with E-state index in [9.17, 15) is 0 Å². The molecule has 0 bridgehead atoms. The van der Waals surface area contributed by atoms with Gasteiger partial charge >= 0.3 is 0 Å². The number of nitrogens with zero attached hydrogens (tertiary/aromatic N) is 2. The van der Waals surface area contributed by atoms with Crippen LogP contribution < -0.4 is 0 Å². The second-order valence-corrected chi connectivity index (χ2v) is 7.54. The van der Waals surface area contributed by atoms with Crippen LogP contribution in [0.4, 0.5) is 0 Å². The average Bonchev–Trinajstić information content (AvgIpc) is 3.13. The number of benzene rings is 4. The molecule has 2 aromatic heterocycles. The molecule has 0 aliphatic carbocycles. The highest BCUT2D eigenvalue weighted by molar-refractivity contribution is 6.14. The number of para-hydroxylation sites is 2. The monoisotopic (exact) mass is 374 g/mol. The molecule has 0 aliphatic heterocycles. The predicted octanol–water partition coefficient (Wildman–Crippen LogP) is 6.97. The van der Waals surface area contributed by atoms with Gasteiger partial charge in [-0.1, -0.05) is 54.6 Å². The van der Waals surface area contributed by atoms with Crippen molar-refractivity contribution in [1.82, 2.24) is 9.97 Å². The molecule has 0 saturated heterocycles. The molecule has 0 radical (unpaired) electrons. The van der Waals surface area contributed by atoms with Gasteiger partial charge in [-0.2, -0.15) is 0 Å². The van der Waals surface area contributed by atoms with Crippen molar-refractivity contribution in [1.29, 1.82) is 0 Å². The smallest absolute Gasteiger partial charge is 0.144 e.